The fourth-order valence-electron chi connectivity index (χ4n) is 2.31. The molecular formula is C16H14N6O3S. The highest BCUT2D eigenvalue weighted by atomic mass is 32.1. The minimum atomic E-state index is -1.10. The molecule has 0 saturated heterocycles. The summed E-state index contributed by atoms with van der Waals surface area (Å²) in [6.07, 6.45) is 5.80. The molecule has 9 nitrogen and oxygen atoms in total. The lowest BCUT2D eigenvalue weighted by molar-refractivity contribution is -0.137. The monoisotopic (exact) mass is 370 g/mol. The van der Waals surface area contributed by atoms with Crippen LogP contribution in [0.2, 0.25) is 0 Å². The number of primary amides is 1. The highest BCUT2D eigenvalue weighted by molar-refractivity contribution is 7.09. The number of nitrogens with two attached hydrogens (primary N) is 1. The number of hydrogen-bond donors (Lipinski definition) is 2. The van der Waals surface area contributed by atoms with E-state index in [1.54, 1.807) is 6.07 Å². The zero-order valence-electron chi connectivity index (χ0n) is 13.4. The van der Waals surface area contributed by atoms with Crippen LogP contribution >= 0.6 is 11.3 Å². The molecule has 0 fully saturated rings. The highest BCUT2D eigenvalue weighted by Gasteiger charge is 2.27. The number of imidazole rings is 1. The third-order valence-electron chi connectivity index (χ3n) is 3.53. The Labute approximate surface area is 151 Å². The molecule has 0 aromatic carbocycles. The average molecular weight is 370 g/mol. The van der Waals surface area contributed by atoms with Gasteiger partial charge in [0, 0.05) is 17.5 Å². The van der Waals surface area contributed by atoms with E-state index in [4.69, 9.17) is 5.73 Å². The molecule has 2 amide bonds. The van der Waals surface area contributed by atoms with Gasteiger partial charge in [-0.05, 0) is 17.5 Å². The SMILES string of the molecule is NC(=O)C(=O)C(Cc1cccs1)NC(=O)c1cncn1-c1ccncn1. The second-order valence-corrected chi connectivity index (χ2v) is 6.29. The van der Waals surface area contributed by atoms with Crippen LogP contribution in [0.3, 0.4) is 0 Å². The number of nitrogens with zero attached hydrogens (tertiary/aromatic N) is 4. The number of Topliss-reactive ketones (excluding diaryl/α,β-unsaturated/α-hetero) is 1. The summed E-state index contributed by atoms with van der Waals surface area (Å²) in [5, 5.41) is 4.40. The van der Waals surface area contributed by atoms with Gasteiger partial charge in [-0.15, -0.1) is 11.3 Å². The molecule has 0 aliphatic rings. The maximum Gasteiger partial charge on any atom is 0.287 e. The zero-order valence-corrected chi connectivity index (χ0v) is 14.2. The van der Waals surface area contributed by atoms with Gasteiger partial charge in [0.25, 0.3) is 11.8 Å². The van der Waals surface area contributed by atoms with Crippen LogP contribution in [-0.4, -0.2) is 43.2 Å². The lowest BCUT2D eigenvalue weighted by atomic mass is 10.1. The summed E-state index contributed by atoms with van der Waals surface area (Å²) in [6.45, 7) is 0. The maximum atomic E-state index is 12.6. The van der Waals surface area contributed by atoms with E-state index in [2.05, 4.69) is 20.3 Å². The molecule has 1 atom stereocenters. The van der Waals surface area contributed by atoms with Gasteiger partial charge in [0.1, 0.15) is 30.2 Å². The van der Waals surface area contributed by atoms with Crippen molar-refractivity contribution in [2.24, 2.45) is 5.73 Å². The van der Waals surface area contributed by atoms with Crippen molar-refractivity contribution in [2.75, 3.05) is 0 Å². The minimum absolute atomic E-state index is 0.164. The Kier molecular flexibility index (Phi) is 5.13. The summed E-state index contributed by atoms with van der Waals surface area (Å²) in [7, 11) is 0. The summed E-state index contributed by atoms with van der Waals surface area (Å²) >= 11 is 1.41. The van der Waals surface area contributed by atoms with E-state index in [-0.39, 0.29) is 12.1 Å². The summed E-state index contributed by atoms with van der Waals surface area (Å²) in [5.74, 6) is -2.09. The average Bonchev–Trinajstić information content (AvgIpc) is 3.32. The Morgan fingerprint density at radius 3 is 2.77 bits per heavy atom. The summed E-state index contributed by atoms with van der Waals surface area (Å²) in [6, 6.07) is 4.17. The van der Waals surface area contributed by atoms with Crippen molar-refractivity contribution in [3.8, 4) is 5.82 Å². The zero-order chi connectivity index (χ0) is 18.5. The lowest BCUT2D eigenvalue weighted by Crippen LogP contribution is -2.47. The molecule has 26 heavy (non-hydrogen) atoms. The Morgan fingerprint density at radius 1 is 1.27 bits per heavy atom. The molecule has 0 saturated carbocycles. The fraction of sp³-hybridized carbons (Fsp3) is 0.125. The van der Waals surface area contributed by atoms with Gasteiger partial charge in [-0.1, -0.05) is 6.07 Å². The predicted molar refractivity (Wildman–Crippen MR) is 92.6 cm³/mol. The van der Waals surface area contributed by atoms with Crippen molar-refractivity contribution in [1.82, 2.24) is 24.8 Å². The lowest BCUT2D eigenvalue weighted by Gasteiger charge is -2.16. The molecule has 1 unspecified atom stereocenters. The third kappa shape index (κ3) is 3.81. The first-order valence-corrected chi connectivity index (χ1v) is 8.40. The van der Waals surface area contributed by atoms with Crippen molar-refractivity contribution in [3.05, 3.63) is 59.2 Å². The number of carbonyl (C=O) groups excluding carboxylic acids is 3. The van der Waals surface area contributed by atoms with Crippen LogP contribution < -0.4 is 11.1 Å². The quantitative estimate of drug-likeness (QED) is 0.568. The van der Waals surface area contributed by atoms with Gasteiger partial charge in [0.15, 0.2) is 0 Å². The maximum absolute atomic E-state index is 12.6. The van der Waals surface area contributed by atoms with Gasteiger partial charge in [0.05, 0.1) is 6.20 Å². The largest absolute Gasteiger partial charge is 0.363 e. The molecular weight excluding hydrogens is 356 g/mol. The van der Waals surface area contributed by atoms with E-state index < -0.39 is 23.6 Å². The molecule has 0 spiro atoms. The predicted octanol–water partition coefficient (Wildman–Crippen LogP) is 0.119. The summed E-state index contributed by atoms with van der Waals surface area (Å²) in [5.41, 5.74) is 5.27. The van der Waals surface area contributed by atoms with Gasteiger partial charge in [-0.25, -0.2) is 15.0 Å². The molecule has 10 heteroatoms. The first-order valence-electron chi connectivity index (χ1n) is 7.52. The number of nitrogens with one attached hydrogen (secondary N) is 1. The fourth-order valence-corrected chi connectivity index (χ4v) is 3.07. The molecule has 0 radical (unpaired) electrons. The van der Waals surface area contributed by atoms with Crippen LogP contribution in [0.15, 0.2) is 48.6 Å². The third-order valence-corrected chi connectivity index (χ3v) is 4.43. The highest BCUT2D eigenvalue weighted by Crippen LogP contribution is 2.13. The second kappa shape index (κ2) is 7.66. The van der Waals surface area contributed by atoms with Crippen LogP contribution in [0.4, 0.5) is 0 Å². The number of thiophene rings is 1. The second-order valence-electron chi connectivity index (χ2n) is 5.25. The number of ketones is 1. The van der Waals surface area contributed by atoms with Crippen molar-refractivity contribution in [3.63, 3.8) is 0 Å². The normalized spacial score (nSPS) is 11.7. The summed E-state index contributed by atoms with van der Waals surface area (Å²) < 4.78 is 1.45. The van der Waals surface area contributed by atoms with Crippen LogP contribution in [0, 0.1) is 0 Å². The number of carbonyl (C=O) groups is 3. The van der Waals surface area contributed by atoms with E-state index in [9.17, 15) is 14.4 Å². The smallest absolute Gasteiger partial charge is 0.287 e. The van der Waals surface area contributed by atoms with Gasteiger partial charge in [-0.3, -0.25) is 19.0 Å². The summed E-state index contributed by atoms with van der Waals surface area (Å²) in [4.78, 5) is 48.7. The van der Waals surface area contributed by atoms with Crippen molar-refractivity contribution < 1.29 is 14.4 Å². The van der Waals surface area contributed by atoms with Crippen molar-refractivity contribution in [1.29, 1.82) is 0 Å². The van der Waals surface area contributed by atoms with E-state index in [1.165, 1.54) is 41.0 Å². The Bertz CT molecular complexity index is 923. The first-order chi connectivity index (χ1) is 12.6. The number of hydrogen-bond acceptors (Lipinski definition) is 7. The number of amides is 2. The van der Waals surface area contributed by atoms with E-state index in [1.807, 2.05) is 17.5 Å². The molecule has 3 rings (SSSR count). The molecule has 0 aliphatic heterocycles. The van der Waals surface area contributed by atoms with Gasteiger partial charge in [0.2, 0.25) is 5.78 Å². The van der Waals surface area contributed by atoms with Gasteiger partial charge >= 0.3 is 0 Å². The molecule has 132 valence electrons. The number of rotatable bonds is 7. The molecule has 3 aromatic heterocycles. The number of aromatic nitrogens is 4. The van der Waals surface area contributed by atoms with Crippen molar-refractivity contribution >= 4 is 28.9 Å². The van der Waals surface area contributed by atoms with Crippen LogP contribution in [0.1, 0.15) is 15.4 Å². The van der Waals surface area contributed by atoms with Crippen LogP contribution in [-0.2, 0) is 16.0 Å². The van der Waals surface area contributed by atoms with Gasteiger partial charge < -0.3 is 11.1 Å². The Balaban J connectivity index is 1.83. The van der Waals surface area contributed by atoms with Crippen LogP contribution in [0.5, 0.6) is 0 Å². The van der Waals surface area contributed by atoms with E-state index in [0.717, 1.165) is 4.88 Å². The van der Waals surface area contributed by atoms with Crippen molar-refractivity contribution in [2.45, 2.75) is 12.5 Å². The van der Waals surface area contributed by atoms with E-state index >= 15 is 0 Å². The molecule has 3 heterocycles. The van der Waals surface area contributed by atoms with E-state index in [0.29, 0.717) is 5.82 Å². The minimum Gasteiger partial charge on any atom is -0.363 e. The molecule has 0 bridgehead atoms. The molecule has 3 N–H and O–H groups in total. The molecule has 0 aliphatic carbocycles. The first kappa shape index (κ1) is 17.4. The van der Waals surface area contributed by atoms with Crippen LogP contribution in [0.25, 0.3) is 5.82 Å². The Hall–Kier alpha value is -3.40. The Morgan fingerprint density at radius 2 is 2.12 bits per heavy atom. The topological polar surface area (TPSA) is 133 Å². The standard InChI is InChI=1S/C16H14N6O3S/c17-15(24)14(23)11(6-10-2-1-5-26-10)21-16(25)12-7-19-9-22(12)13-3-4-18-8-20-13/h1-5,7-9,11H,6H2,(H2,17,24)(H,21,25). The van der Waals surface area contributed by atoms with Gasteiger partial charge in [-0.2, -0.15) is 0 Å². The molecule has 3 aromatic rings.